The molecule has 0 fully saturated rings. The Bertz CT molecular complexity index is 532. The fraction of sp³-hybridized carbons (Fsp3) is 0.357. The third kappa shape index (κ3) is 2.65. The summed E-state index contributed by atoms with van der Waals surface area (Å²) in [6, 6.07) is 6.18. The minimum absolute atomic E-state index is 0.0891. The van der Waals surface area contributed by atoms with Crippen LogP contribution in [-0.4, -0.2) is 21.7 Å². The largest absolute Gasteiger partial charge is 0.396 e. The number of nitrogens with one attached hydrogen (secondary N) is 1. The van der Waals surface area contributed by atoms with Gasteiger partial charge in [0.05, 0.1) is 18.5 Å². The van der Waals surface area contributed by atoms with E-state index in [0.29, 0.717) is 0 Å². The summed E-state index contributed by atoms with van der Waals surface area (Å²) in [5, 5.41) is 9.29. The van der Waals surface area contributed by atoms with Gasteiger partial charge >= 0.3 is 0 Å². The van der Waals surface area contributed by atoms with Gasteiger partial charge in [-0.25, -0.2) is 4.98 Å². The quantitative estimate of drug-likeness (QED) is 0.906. The lowest BCUT2D eigenvalue weighted by Gasteiger charge is -2.08. The lowest BCUT2D eigenvalue weighted by Crippen LogP contribution is -2.04. The van der Waals surface area contributed by atoms with Gasteiger partial charge < -0.3 is 10.1 Å². The molecule has 1 unspecified atom stereocenters. The number of aliphatic hydroxyl groups excluding tert-OH is 1. The Balaban J connectivity index is 2.37. The molecule has 0 bridgehead atoms. The number of halogens is 1. The van der Waals surface area contributed by atoms with Crippen LogP contribution in [0, 0.1) is 6.92 Å². The second-order valence-corrected chi connectivity index (χ2v) is 5.34. The van der Waals surface area contributed by atoms with Gasteiger partial charge in [-0.1, -0.05) is 28.9 Å². The van der Waals surface area contributed by atoms with Crippen LogP contribution in [0.25, 0.3) is 11.3 Å². The zero-order valence-electron chi connectivity index (χ0n) is 10.6. The Morgan fingerprint density at radius 3 is 2.89 bits per heavy atom. The van der Waals surface area contributed by atoms with Crippen LogP contribution in [0.1, 0.15) is 30.7 Å². The van der Waals surface area contributed by atoms with Crippen LogP contribution in [0.4, 0.5) is 0 Å². The van der Waals surface area contributed by atoms with E-state index in [2.05, 4.69) is 45.0 Å². The maximum Gasteiger partial charge on any atom is 0.111 e. The Labute approximate surface area is 115 Å². The molecule has 96 valence electrons. The van der Waals surface area contributed by atoms with Gasteiger partial charge in [-0.05, 0) is 31.0 Å². The Morgan fingerprint density at radius 1 is 1.44 bits per heavy atom. The second-order valence-electron chi connectivity index (χ2n) is 4.43. The fourth-order valence-corrected chi connectivity index (χ4v) is 2.34. The van der Waals surface area contributed by atoms with E-state index in [-0.39, 0.29) is 12.5 Å². The van der Waals surface area contributed by atoms with Gasteiger partial charge in [-0.2, -0.15) is 0 Å². The molecular formula is C14H17BrN2O. The van der Waals surface area contributed by atoms with Crippen molar-refractivity contribution in [2.75, 3.05) is 6.61 Å². The topological polar surface area (TPSA) is 48.9 Å². The van der Waals surface area contributed by atoms with Crippen molar-refractivity contribution in [3.8, 4) is 11.3 Å². The summed E-state index contributed by atoms with van der Waals surface area (Å²) < 4.78 is 1.05. The van der Waals surface area contributed by atoms with Crippen LogP contribution in [0.15, 0.2) is 28.9 Å². The normalized spacial score (nSPS) is 12.7. The smallest absolute Gasteiger partial charge is 0.111 e. The number of nitrogens with zero attached hydrogens (tertiary/aromatic N) is 1. The van der Waals surface area contributed by atoms with Crippen LogP contribution in [0.2, 0.25) is 0 Å². The van der Waals surface area contributed by atoms with E-state index in [1.165, 1.54) is 5.56 Å². The number of aliphatic hydroxyl groups is 1. The molecule has 0 radical (unpaired) electrons. The van der Waals surface area contributed by atoms with Gasteiger partial charge in [-0.15, -0.1) is 0 Å². The summed E-state index contributed by atoms with van der Waals surface area (Å²) in [6.45, 7) is 4.25. The first-order valence-corrected chi connectivity index (χ1v) is 6.87. The first kappa shape index (κ1) is 13.3. The van der Waals surface area contributed by atoms with Crippen molar-refractivity contribution in [3.05, 3.63) is 40.3 Å². The maximum absolute atomic E-state index is 9.29. The molecule has 0 spiro atoms. The molecule has 3 nitrogen and oxygen atoms in total. The summed E-state index contributed by atoms with van der Waals surface area (Å²) in [4.78, 5) is 7.68. The Hall–Kier alpha value is -1.13. The summed E-state index contributed by atoms with van der Waals surface area (Å²) in [7, 11) is 0. The first-order valence-electron chi connectivity index (χ1n) is 6.08. The van der Waals surface area contributed by atoms with Crippen molar-refractivity contribution in [1.82, 2.24) is 9.97 Å². The van der Waals surface area contributed by atoms with Gasteiger partial charge in [0.2, 0.25) is 0 Å². The molecule has 0 saturated heterocycles. The number of H-pyrrole nitrogens is 1. The monoisotopic (exact) mass is 308 g/mol. The minimum atomic E-state index is 0.0891. The highest BCUT2D eigenvalue weighted by molar-refractivity contribution is 9.10. The number of rotatable bonds is 4. The molecule has 4 heteroatoms. The molecule has 18 heavy (non-hydrogen) atoms. The summed E-state index contributed by atoms with van der Waals surface area (Å²) in [5.41, 5.74) is 3.33. The lowest BCUT2D eigenvalue weighted by molar-refractivity contribution is 0.258. The zero-order valence-corrected chi connectivity index (χ0v) is 12.2. The van der Waals surface area contributed by atoms with Gasteiger partial charge in [-0.3, -0.25) is 0 Å². The minimum Gasteiger partial charge on any atom is -0.396 e. The molecule has 2 N–H and O–H groups in total. The number of benzene rings is 1. The van der Waals surface area contributed by atoms with E-state index in [9.17, 15) is 5.11 Å². The number of hydrogen-bond donors (Lipinski definition) is 2. The SMILES string of the molecule is CCC(CO)c1ncc(-c2cc(Br)ccc2C)[nH]1. The molecule has 0 aliphatic rings. The Morgan fingerprint density at radius 2 is 2.22 bits per heavy atom. The zero-order chi connectivity index (χ0) is 13.1. The van der Waals surface area contributed by atoms with Crippen molar-refractivity contribution in [3.63, 3.8) is 0 Å². The second kappa shape index (κ2) is 5.67. The molecule has 1 heterocycles. The van der Waals surface area contributed by atoms with Gasteiger partial charge in [0, 0.05) is 16.0 Å². The van der Waals surface area contributed by atoms with Crippen molar-refractivity contribution >= 4 is 15.9 Å². The van der Waals surface area contributed by atoms with E-state index in [1.54, 1.807) is 0 Å². The fourth-order valence-electron chi connectivity index (χ4n) is 1.97. The highest BCUT2D eigenvalue weighted by Crippen LogP contribution is 2.27. The molecule has 0 aliphatic carbocycles. The first-order chi connectivity index (χ1) is 8.65. The van der Waals surface area contributed by atoms with Crippen molar-refractivity contribution in [1.29, 1.82) is 0 Å². The van der Waals surface area contributed by atoms with E-state index in [1.807, 2.05) is 19.2 Å². The summed E-state index contributed by atoms with van der Waals surface area (Å²) >= 11 is 3.48. The highest BCUT2D eigenvalue weighted by Gasteiger charge is 2.13. The van der Waals surface area contributed by atoms with Crippen LogP contribution in [0.5, 0.6) is 0 Å². The number of aromatic nitrogens is 2. The predicted octanol–water partition coefficient (Wildman–Crippen LogP) is 3.63. The predicted molar refractivity (Wildman–Crippen MR) is 76.6 cm³/mol. The van der Waals surface area contributed by atoms with Crippen molar-refractivity contribution < 1.29 is 5.11 Å². The summed E-state index contributed by atoms with van der Waals surface area (Å²) in [6.07, 6.45) is 2.71. The van der Waals surface area contributed by atoms with Crippen LogP contribution in [-0.2, 0) is 0 Å². The van der Waals surface area contributed by atoms with Gasteiger partial charge in [0.15, 0.2) is 0 Å². The van der Waals surface area contributed by atoms with Gasteiger partial charge in [0.25, 0.3) is 0 Å². The molecule has 0 aliphatic heterocycles. The van der Waals surface area contributed by atoms with Gasteiger partial charge in [0.1, 0.15) is 5.82 Å². The number of aromatic amines is 1. The lowest BCUT2D eigenvalue weighted by atomic mass is 10.1. The van der Waals surface area contributed by atoms with E-state index in [0.717, 1.165) is 28.0 Å². The number of hydrogen-bond acceptors (Lipinski definition) is 2. The molecule has 2 aromatic rings. The standard InChI is InChI=1S/C14H17BrN2O/c1-3-10(8-18)14-16-7-13(17-14)12-6-11(15)5-4-9(12)2/h4-7,10,18H,3,8H2,1-2H3,(H,16,17). The maximum atomic E-state index is 9.29. The van der Waals surface area contributed by atoms with Crippen molar-refractivity contribution in [2.24, 2.45) is 0 Å². The number of aryl methyl sites for hydroxylation is 1. The van der Waals surface area contributed by atoms with Crippen LogP contribution >= 0.6 is 15.9 Å². The van der Waals surface area contributed by atoms with Crippen LogP contribution < -0.4 is 0 Å². The third-order valence-electron chi connectivity index (χ3n) is 3.19. The molecular weight excluding hydrogens is 292 g/mol. The van der Waals surface area contributed by atoms with E-state index in [4.69, 9.17) is 0 Å². The molecule has 0 saturated carbocycles. The molecule has 1 aromatic carbocycles. The van der Waals surface area contributed by atoms with E-state index < -0.39 is 0 Å². The summed E-state index contributed by atoms with van der Waals surface area (Å²) in [5.74, 6) is 0.945. The Kier molecular flexibility index (Phi) is 4.19. The molecule has 1 aromatic heterocycles. The third-order valence-corrected chi connectivity index (χ3v) is 3.68. The average molecular weight is 309 g/mol. The van der Waals surface area contributed by atoms with E-state index >= 15 is 0 Å². The highest BCUT2D eigenvalue weighted by atomic mass is 79.9. The molecule has 2 rings (SSSR count). The van der Waals surface area contributed by atoms with Crippen molar-refractivity contribution in [2.45, 2.75) is 26.2 Å². The number of imidazole rings is 1. The van der Waals surface area contributed by atoms with Crippen LogP contribution in [0.3, 0.4) is 0 Å². The molecule has 0 amide bonds. The average Bonchev–Trinajstić information content (AvgIpc) is 2.83. The molecule has 1 atom stereocenters.